The van der Waals surface area contributed by atoms with Gasteiger partial charge in [-0.1, -0.05) is 85.5 Å². The monoisotopic (exact) mass is 454 g/mol. The van der Waals surface area contributed by atoms with Crippen LogP contribution < -0.4 is 11.1 Å². The van der Waals surface area contributed by atoms with Crippen molar-refractivity contribution in [1.29, 1.82) is 0 Å². The highest BCUT2D eigenvalue weighted by Crippen LogP contribution is 2.33. The molecule has 3 rings (SSSR count). The largest absolute Gasteiger partial charge is 0.481 e. The van der Waals surface area contributed by atoms with E-state index in [1.54, 1.807) is 31.2 Å². The second-order valence-corrected chi connectivity index (χ2v) is 8.33. The Morgan fingerprint density at radius 2 is 1.85 bits per heavy atom. The van der Waals surface area contributed by atoms with Crippen molar-refractivity contribution in [2.75, 3.05) is 5.32 Å². The van der Waals surface area contributed by atoms with E-state index in [0.29, 0.717) is 29.8 Å². The molecule has 0 aromatic heterocycles. The number of amides is 1. The van der Waals surface area contributed by atoms with Gasteiger partial charge >= 0.3 is 5.97 Å². The number of benzene rings is 2. The van der Waals surface area contributed by atoms with E-state index in [0.717, 1.165) is 27.8 Å². The maximum absolute atomic E-state index is 13.1. The molecule has 34 heavy (non-hydrogen) atoms. The van der Waals surface area contributed by atoms with Crippen LogP contribution in [-0.2, 0) is 22.6 Å². The maximum atomic E-state index is 13.1. The minimum Gasteiger partial charge on any atom is -0.481 e. The van der Waals surface area contributed by atoms with Gasteiger partial charge in [0, 0.05) is 23.7 Å². The fourth-order valence-electron chi connectivity index (χ4n) is 3.97. The molecule has 0 saturated heterocycles. The first-order chi connectivity index (χ1) is 16.3. The molecule has 2 aromatic carbocycles. The van der Waals surface area contributed by atoms with Crippen LogP contribution in [0.15, 0.2) is 103 Å². The van der Waals surface area contributed by atoms with Gasteiger partial charge in [-0.3, -0.25) is 9.59 Å². The summed E-state index contributed by atoms with van der Waals surface area (Å²) in [6.07, 6.45) is 8.21. The van der Waals surface area contributed by atoms with Crippen molar-refractivity contribution in [2.45, 2.75) is 26.3 Å². The number of hydrogen-bond donors (Lipinski definition) is 3. The highest BCUT2D eigenvalue weighted by molar-refractivity contribution is 6.05. The zero-order valence-electron chi connectivity index (χ0n) is 19.4. The summed E-state index contributed by atoms with van der Waals surface area (Å²) in [5.74, 6) is -1.37. The molecule has 1 unspecified atom stereocenters. The van der Waals surface area contributed by atoms with Crippen LogP contribution in [-0.4, -0.2) is 17.0 Å². The lowest BCUT2D eigenvalue weighted by Crippen LogP contribution is -2.19. The van der Waals surface area contributed by atoms with Crippen LogP contribution in [0.2, 0.25) is 0 Å². The van der Waals surface area contributed by atoms with Gasteiger partial charge in [0.1, 0.15) is 0 Å². The Kier molecular flexibility index (Phi) is 8.17. The molecular weight excluding hydrogens is 424 g/mol. The Morgan fingerprint density at radius 3 is 2.59 bits per heavy atom. The van der Waals surface area contributed by atoms with Crippen molar-refractivity contribution in [3.05, 3.63) is 119 Å². The molecule has 1 aliphatic carbocycles. The van der Waals surface area contributed by atoms with Crippen LogP contribution >= 0.6 is 0 Å². The van der Waals surface area contributed by atoms with Gasteiger partial charge in [-0.2, -0.15) is 0 Å². The number of carboxylic acid groups (broad SMARTS) is 1. The molecule has 0 spiro atoms. The number of para-hydroxylation sites is 1. The van der Waals surface area contributed by atoms with Gasteiger partial charge in [0.05, 0.1) is 6.42 Å². The summed E-state index contributed by atoms with van der Waals surface area (Å²) in [7, 11) is 0. The number of rotatable bonds is 9. The van der Waals surface area contributed by atoms with E-state index >= 15 is 0 Å². The molecule has 0 fully saturated rings. The van der Waals surface area contributed by atoms with Crippen LogP contribution in [0, 0.1) is 5.92 Å². The van der Waals surface area contributed by atoms with Gasteiger partial charge in [-0.25, -0.2) is 0 Å². The Bertz CT molecular complexity index is 1220. The SMILES string of the molecule is C=C(CC(=C)C1C=CC=C/C1=C(/C)C(=O)Nc1ccccc1CC(=O)O)c1cccc(CN)c1. The average Bonchev–Trinajstić information content (AvgIpc) is 2.84. The molecule has 0 aliphatic heterocycles. The fourth-order valence-corrected chi connectivity index (χ4v) is 3.97. The molecule has 0 saturated carbocycles. The second kappa shape index (κ2) is 11.3. The third kappa shape index (κ3) is 6.09. The van der Waals surface area contributed by atoms with E-state index in [2.05, 4.69) is 18.5 Å². The molecule has 1 amide bonds. The third-order valence-corrected chi connectivity index (χ3v) is 5.86. The van der Waals surface area contributed by atoms with Crippen molar-refractivity contribution in [1.82, 2.24) is 0 Å². The number of nitrogens with one attached hydrogen (secondary N) is 1. The van der Waals surface area contributed by atoms with E-state index in [1.807, 2.05) is 48.6 Å². The summed E-state index contributed by atoms with van der Waals surface area (Å²) >= 11 is 0. The summed E-state index contributed by atoms with van der Waals surface area (Å²) in [4.78, 5) is 24.3. The lowest BCUT2D eigenvalue weighted by atomic mass is 9.82. The van der Waals surface area contributed by atoms with E-state index in [9.17, 15) is 9.59 Å². The molecule has 0 heterocycles. The lowest BCUT2D eigenvalue weighted by Gasteiger charge is -2.23. The molecule has 4 N–H and O–H groups in total. The minimum atomic E-state index is -0.953. The van der Waals surface area contributed by atoms with Crippen molar-refractivity contribution in [3.63, 3.8) is 0 Å². The van der Waals surface area contributed by atoms with Gasteiger partial charge in [-0.05, 0) is 47.2 Å². The van der Waals surface area contributed by atoms with E-state index < -0.39 is 5.97 Å². The molecule has 5 heteroatoms. The Balaban J connectivity index is 1.80. The number of anilines is 1. The zero-order valence-corrected chi connectivity index (χ0v) is 19.4. The number of allylic oxidation sites excluding steroid dienone is 7. The number of hydrogen-bond acceptors (Lipinski definition) is 3. The number of aliphatic carboxylic acids is 1. The lowest BCUT2D eigenvalue weighted by molar-refractivity contribution is -0.136. The van der Waals surface area contributed by atoms with Crippen molar-refractivity contribution in [3.8, 4) is 0 Å². The van der Waals surface area contributed by atoms with E-state index in [1.165, 1.54) is 0 Å². The Labute approximate surface area is 200 Å². The number of carboxylic acids is 1. The quantitative estimate of drug-likeness (QED) is 0.348. The number of carbonyl (C=O) groups is 2. The Morgan fingerprint density at radius 1 is 1.09 bits per heavy atom. The highest BCUT2D eigenvalue weighted by atomic mass is 16.4. The van der Waals surface area contributed by atoms with E-state index in [4.69, 9.17) is 10.8 Å². The first kappa shape index (κ1) is 24.7. The molecule has 5 nitrogen and oxygen atoms in total. The van der Waals surface area contributed by atoms with Crippen molar-refractivity contribution < 1.29 is 14.7 Å². The smallest absolute Gasteiger partial charge is 0.307 e. The number of nitrogens with two attached hydrogens (primary N) is 1. The molecule has 174 valence electrons. The van der Waals surface area contributed by atoms with Gasteiger partial charge in [0.25, 0.3) is 5.91 Å². The molecule has 2 aromatic rings. The molecule has 1 atom stereocenters. The topological polar surface area (TPSA) is 92.4 Å². The third-order valence-electron chi connectivity index (χ3n) is 5.86. The molecule has 0 radical (unpaired) electrons. The van der Waals surface area contributed by atoms with Gasteiger partial charge in [0.2, 0.25) is 0 Å². The standard InChI is InChI=1S/C29H30N2O3/c1-19(23-11-8-9-22(16-23)18-30)15-20(2)25-12-5-6-13-26(25)21(3)29(34)31-27-14-7-4-10-24(27)17-28(32)33/h4-14,16,25H,1-2,15,17-18,30H2,3H3,(H,31,34)(H,32,33)/b26-21+. The maximum Gasteiger partial charge on any atom is 0.307 e. The fraction of sp³-hybridized carbons (Fsp3) is 0.172. The average molecular weight is 455 g/mol. The van der Waals surface area contributed by atoms with Crippen LogP contribution in [0.25, 0.3) is 5.57 Å². The summed E-state index contributed by atoms with van der Waals surface area (Å²) in [6, 6.07) is 14.9. The first-order valence-corrected chi connectivity index (χ1v) is 11.1. The minimum absolute atomic E-state index is 0.139. The van der Waals surface area contributed by atoms with Gasteiger partial charge < -0.3 is 16.2 Å². The van der Waals surface area contributed by atoms with Crippen molar-refractivity contribution >= 4 is 23.1 Å². The van der Waals surface area contributed by atoms with Crippen LogP contribution in [0.4, 0.5) is 5.69 Å². The highest BCUT2D eigenvalue weighted by Gasteiger charge is 2.21. The summed E-state index contributed by atoms with van der Waals surface area (Å²) in [5, 5.41) is 12.0. The molecule has 0 bridgehead atoms. The molecule has 1 aliphatic rings. The van der Waals surface area contributed by atoms with Crippen molar-refractivity contribution in [2.24, 2.45) is 11.7 Å². The summed E-state index contributed by atoms with van der Waals surface area (Å²) in [6.45, 7) is 10.8. The van der Waals surface area contributed by atoms with Gasteiger partial charge in [-0.15, -0.1) is 0 Å². The van der Waals surface area contributed by atoms with Crippen LogP contribution in [0.1, 0.15) is 30.0 Å². The summed E-state index contributed by atoms with van der Waals surface area (Å²) < 4.78 is 0. The predicted octanol–water partition coefficient (Wildman–Crippen LogP) is 5.43. The first-order valence-electron chi connectivity index (χ1n) is 11.1. The predicted molar refractivity (Wildman–Crippen MR) is 138 cm³/mol. The number of carbonyl (C=O) groups excluding carboxylic acids is 1. The van der Waals surface area contributed by atoms with Crippen LogP contribution in [0.3, 0.4) is 0 Å². The van der Waals surface area contributed by atoms with Crippen LogP contribution in [0.5, 0.6) is 0 Å². The summed E-state index contributed by atoms with van der Waals surface area (Å²) in [5.41, 5.74) is 12.1. The van der Waals surface area contributed by atoms with E-state index in [-0.39, 0.29) is 18.2 Å². The normalized spacial score (nSPS) is 16.1. The second-order valence-electron chi connectivity index (χ2n) is 8.33. The zero-order chi connectivity index (χ0) is 24.7. The Hall–Kier alpha value is -3.96. The molecular formula is C29H30N2O3. The van der Waals surface area contributed by atoms with Gasteiger partial charge in [0.15, 0.2) is 0 Å².